The molecule has 66 valence electrons. The van der Waals surface area contributed by atoms with E-state index in [1.54, 1.807) is 18.4 Å². The second-order valence-electron chi connectivity index (χ2n) is 2.95. The van der Waals surface area contributed by atoms with Crippen LogP contribution < -0.4 is 0 Å². The van der Waals surface area contributed by atoms with E-state index in [1.165, 1.54) is 6.08 Å². The lowest BCUT2D eigenvalue weighted by atomic mass is 10.0. The molecule has 0 fully saturated rings. The molecule has 0 aliphatic heterocycles. The molecule has 1 aliphatic rings. The van der Waals surface area contributed by atoms with Gasteiger partial charge in [0.25, 0.3) is 0 Å². The van der Waals surface area contributed by atoms with Gasteiger partial charge in [-0.3, -0.25) is 0 Å². The van der Waals surface area contributed by atoms with Gasteiger partial charge in [-0.05, 0) is 6.08 Å². The Balaban J connectivity index is 2.83. The molecule has 12 heavy (non-hydrogen) atoms. The van der Waals surface area contributed by atoms with Gasteiger partial charge in [-0.25, -0.2) is 0 Å². The average Bonchev–Trinajstić information content (AvgIpc) is 1.98. The fraction of sp³-hybridized carbons (Fsp3) is 0.333. The van der Waals surface area contributed by atoms with E-state index in [1.807, 2.05) is 19.0 Å². The van der Waals surface area contributed by atoms with Crippen LogP contribution in [0.1, 0.15) is 0 Å². The van der Waals surface area contributed by atoms with Crippen molar-refractivity contribution in [2.75, 3.05) is 14.1 Å². The fourth-order valence-electron chi connectivity index (χ4n) is 1.02. The molecule has 0 aromatic rings. The first-order valence-corrected chi connectivity index (χ1v) is 3.74. The molecule has 1 aliphatic carbocycles. The van der Waals surface area contributed by atoms with Crippen LogP contribution in [-0.4, -0.2) is 35.3 Å². The first kappa shape index (κ1) is 8.87. The Kier molecular flexibility index (Phi) is 2.55. The van der Waals surface area contributed by atoms with E-state index in [9.17, 15) is 5.11 Å². The molecular formula is C9H13NO2. The maximum atomic E-state index is 9.42. The number of allylic oxidation sites excluding steroid dienone is 2. The summed E-state index contributed by atoms with van der Waals surface area (Å²) < 4.78 is 0. The Labute approximate surface area is 71.9 Å². The van der Waals surface area contributed by atoms with Gasteiger partial charge in [-0.15, -0.1) is 0 Å². The summed E-state index contributed by atoms with van der Waals surface area (Å²) in [6, 6.07) is 0. The monoisotopic (exact) mass is 167 g/mol. The number of aliphatic hydroxyl groups is 2. The Morgan fingerprint density at radius 2 is 2.17 bits per heavy atom. The summed E-state index contributed by atoms with van der Waals surface area (Å²) in [6.45, 7) is 0. The van der Waals surface area contributed by atoms with Gasteiger partial charge in [0, 0.05) is 25.9 Å². The molecule has 0 saturated heterocycles. The van der Waals surface area contributed by atoms with Crippen LogP contribution in [0, 0.1) is 0 Å². The van der Waals surface area contributed by atoms with Crippen molar-refractivity contribution in [1.82, 2.24) is 4.90 Å². The van der Waals surface area contributed by atoms with Gasteiger partial charge in [0.1, 0.15) is 11.9 Å². The normalized spacial score (nSPS) is 25.8. The van der Waals surface area contributed by atoms with E-state index in [2.05, 4.69) is 0 Å². The highest BCUT2D eigenvalue weighted by Crippen LogP contribution is 2.16. The zero-order valence-corrected chi connectivity index (χ0v) is 7.23. The predicted octanol–water partition coefficient (Wildman–Crippen LogP) is 0.804. The summed E-state index contributed by atoms with van der Waals surface area (Å²) in [5, 5.41) is 18.6. The van der Waals surface area contributed by atoms with Gasteiger partial charge >= 0.3 is 0 Å². The summed E-state index contributed by atoms with van der Waals surface area (Å²) in [7, 11) is 3.73. The highest BCUT2D eigenvalue weighted by atomic mass is 16.3. The van der Waals surface area contributed by atoms with Crippen LogP contribution in [0.2, 0.25) is 0 Å². The lowest BCUT2D eigenvalue weighted by molar-refractivity contribution is 0.183. The molecule has 1 atom stereocenters. The maximum Gasteiger partial charge on any atom is 0.137 e. The van der Waals surface area contributed by atoms with E-state index in [4.69, 9.17) is 5.11 Å². The maximum absolute atomic E-state index is 9.42. The third kappa shape index (κ3) is 1.89. The van der Waals surface area contributed by atoms with Crippen molar-refractivity contribution >= 4 is 0 Å². The van der Waals surface area contributed by atoms with Gasteiger partial charge in [0.15, 0.2) is 0 Å². The van der Waals surface area contributed by atoms with E-state index in [0.29, 0.717) is 5.57 Å². The number of rotatable bonds is 1. The van der Waals surface area contributed by atoms with Crippen molar-refractivity contribution in [2.24, 2.45) is 0 Å². The smallest absolute Gasteiger partial charge is 0.137 e. The number of hydrogen-bond donors (Lipinski definition) is 2. The molecule has 3 heteroatoms. The summed E-state index contributed by atoms with van der Waals surface area (Å²) in [5.74, 6) is -0.00870. The highest BCUT2D eigenvalue weighted by Gasteiger charge is 2.15. The average molecular weight is 167 g/mol. The number of nitrogens with zero attached hydrogens (tertiary/aromatic N) is 1. The first-order chi connectivity index (χ1) is 5.61. The molecule has 0 amide bonds. The second-order valence-corrected chi connectivity index (χ2v) is 2.95. The molecule has 0 heterocycles. The standard InChI is InChI=1S/C9H13NO2/c1-10(2)6-7-4-3-5-8(11)9(7)12/h3-6,9,11-12H,1-2H3. The zero-order chi connectivity index (χ0) is 9.14. The van der Waals surface area contributed by atoms with Crippen molar-refractivity contribution in [1.29, 1.82) is 0 Å². The molecule has 0 bridgehead atoms. The van der Waals surface area contributed by atoms with Crippen molar-refractivity contribution in [3.63, 3.8) is 0 Å². The summed E-state index contributed by atoms with van der Waals surface area (Å²) in [6.07, 6.45) is 5.85. The van der Waals surface area contributed by atoms with Crippen molar-refractivity contribution in [3.8, 4) is 0 Å². The lowest BCUT2D eigenvalue weighted by Crippen LogP contribution is -2.17. The predicted molar refractivity (Wildman–Crippen MR) is 47.6 cm³/mol. The van der Waals surface area contributed by atoms with Gasteiger partial charge in [-0.1, -0.05) is 12.2 Å². The third-order valence-electron chi connectivity index (χ3n) is 1.56. The van der Waals surface area contributed by atoms with Crippen LogP contribution in [0.15, 0.2) is 35.8 Å². The zero-order valence-electron chi connectivity index (χ0n) is 7.23. The summed E-state index contributed by atoms with van der Waals surface area (Å²) in [5.41, 5.74) is 0.694. The van der Waals surface area contributed by atoms with Crippen LogP contribution in [0.25, 0.3) is 0 Å². The van der Waals surface area contributed by atoms with E-state index >= 15 is 0 Å². The van der Waals surface area contributed by atoms with Crippen molar-refractivity contribution in [2.45, 2.75) is 6.10 Å². The topological polar surface area (TPSA) is 43.7 Å². The van der Waals surface area contributed by atoms with Crippen LogP contribution in [-0.2, 0) is 0 Å². The van der Waals surface area contributed by atoms with Crippen LogP contribution in [0.5, 0.6) is 0 Å². The number of aliphatic hydroxyl groups excluding tert-OH is 2. The fourth-order valence-corrected chi connectivity index (χ4v) is 1.02. The summed E-state index contributed by atoms with van der Waals surface area (Å²) >= 11 is 0. The largest absolute Gasteiger partial charge is 0.509 e. The second kappa shape index (κ2) is 3.45. The molecule has 0 aromatic carbocycles. The Morgan fingerprint density at radius 3 is 2.75 bits per heavy atom. The summed E-state index contributed by atoms with van der Waals surface area (Å²) in [4.78, 5) is 1.82. The van der Waals surface area contributed by atoms with Crippen LogP contribution >= 0.6 is 0 Å². The van der Waals surface area contributed by atoms with Crippen molar-refractivity contribution in [3.05, 3.63) is 35.8 Å². The number of hydrogen-bond acceptors (Lipinski definition) is 3. The minimum Gasteiger partial charge on any atom is -0.509 e. The molecule has 0 aromatic heterocycles. The van der Waals surface area contributed by atoms with E-state index in [0.717, 1.165) is 0 Å². The molecule has 2 N–H and O–H groups in total. The van der Waals surface area contributed by atoms with Crippen molar-refractivity contribution < 1.29 is 10.2 Å². The highest BCUT2D eigenvalue weighted by molar-refractivity contribution is 5.36. The van der Waals surface area contributed by atoms with Gasteiger partial charge in [0.05, 0.1) is 0 Å². The van der Waals surface area contributed by atoms with Gasteiger partial charge in [-0.2, -0.15) is 0 Å². The molecule has 1 unspecified atom stereocenters. The minimum absolute atomic E-state index is 0.00870. The van der Waals surface area contributed by atoms with E-state index < -0.39 is 6.10 Å². The Morgan fingerprint density at radius 1 is 1.50 bits per heavy atom. The molecule has 1 rings (SSSR count). The SMILES string of the molecule is CN(C)C=C1C=CC=C(O)C1O. The minimum atomic E-state index is -0.877. The van der Waals surface area contributed by atoms with E-state index in [-0.39, 0.29) is 5.76 Å². The van der Waals surface area contributed by atoms with Crippen LogP contribution in [0.3, 0.4) is 0 Å². The first-order valence-electron chi connectivity index (χ1n) is 3.74. The quantitative estimate of drug-likeness (QED) is 0.607. The molecule has 0 spiro atoms. The molecule has 3 nitrogen and oxygen atoms in total. The Bertz CT molecular complexity index is 251. The van der Waals surface area contributed by atoms with Crippen LogP contribution in [0.4, 0.5) is 0 Å². The van der Waals surface area contributed by atoms with Gasteiger partial charge < -0.3 is 15.1 Å². The molecule has 0 radical (unpaired) electrons. The van der Waals surface area contributed by atoms with Gasteiger partial charge in [0.2, 0.25) is 0 Å². The lowest BCUT2D eigenvalue weighted by Gasteiger charge is -2.16. The third-order valence-corrected chi connectivity index (χ3v) is 1.56. The Hall–Kier alpha value is -1.22. The molecule has 0 saturated carbocycles. The molecular weight excluding hydrogens is 154 g/mol.